The van der Waals surface area contributed by atoms with Crippen LogP contribution >= 0.6 is 12.2 Å². The first-order chi connectivity index (χ1) is 12.5. The fourth-order valence-electron chi connectivity index (χ4n) is 4.29. The number of hydrogen-bond acceptors (Lipinski definition) is 7. The van der Waals surface area contributed by atoms with Crippen molar-refractivity contribution in [1.82, 2.24) is 25.1 Å². The molecule has 144 valence electrons. The molecule has 26 heavy (non-hydrogen) atoms. The maximum absolute atomic E-state index is 12.4. The third-order valence-corrected chi connectivity index (χ3v) is 5.82. The molecule has 1 amide bonds. The lowest BCUT2D eigenvalue weighted by molar-refractivity contribution is -0.152. The van der Waals surface area contributed by atoms with Gasteiger partial charge in [-0.15, -0.1) is 0 Å². The van der Waals surface area contributed by atoms with E-state index >= 15 is 0 Å². The SMILES string of the molecule is CCOC(=O)[C@@H]1C[C@H]2C[C@@H](Cn3[nH]nnc3=S)CC[C@H]2CN1C(=O)OC. The molecule has 2 aliphatic rings. The fourth-order valence-corrected chi connectivity index (χ4v) is 4.44. The Labute approximate surface area is 157 Å². The van der Waals surface area contributed by atoms with Crippen LogP contribution in [-0.2, 0) is 20.8 Å². The summed E-state index contributed by atoms with van der Waals surface area (Å²) in [6, 6.07) is -0.571. The average molecular weight is 383 g/mol. The van der Waals surface area contributed by atoms with Gasteiger partial charge in [-0.3, -0.25) is 4.90 Å². The Bertz CT molecular complexity index is 705. The van der Waals surface area contributed by atoms with E-state index in [0.717, 1.165) is 25.8 Å². The van der Waals surface area contributed by atoms with Crippen LogP contribution in [0.2, 0.25) is 0 Å². The summed E-state index contributed by atoms with van der Waals surface area (Å²) in [5.74, 6) is 0.842. The molecule has 0 aromatic carbocycles. The number of H-pyrrole nitrogens is 1. The van der Waals surface area contributed by atoms with E-state index in [1.54, 1.807) is 11.6 Å². The van der Waals surface area contributed by atoms with Crippen LogP contribution in [0.25, 0.3) is 0 Å². The molecule has 4 atom stereocenters. The fraction of sp³-hybridized carbons (Fsp3) is 0.812. The molecule has 1 aliphatic carbocycles. The van der Waals surface area contributed by atoms with Crippen molar-refractivity contribution < 1.29 is 19.1 Å². The third-order valence-electron chi connectivity index (χ3n) is 5.52. The Morgan fingerprint density at radius 3 is 2.77 bits per heavy atom. The van der Waals surface area contributed by atoms with E-state index in [1.807, 2.05) is 0 Å². The molecule has 2 fully saturated rings. The normalized spacial score (nSPS) is 28.3. The highest BCUT2D eigenvalue weighted by Gasteiger charge is 2.44. The molecule has 0 bridgehead atoms. The van der Waals surface area contributed by atoms with Gasteiger partial charge in [-0.25, -0.2) is 14.3 Å². The second-order valence-corrected chi connectivity index (χ2v) is 7.38. The lowest BCUT2D eigenvalue weighted by Crippen LogP contribution is -2.55. The van der Waals surface area contributed by atoms with Gasteiger partial charge in [0.05, 0.1) is 13.7 Å². The molecular formula is C16H25N5O4S. The molecule has 3 rings (SSSR count). The summed E-state index contributed by atoms with van der Waals surface area (Å²) in [7, 11) is 1.34. The van der Waals surface area contributed by atoms with Crippen molar-refractivity contribution in [2.24, 2.45) is 17.8 Å². The number of likely N-dealkylation sites (tertiary alicyclic amines) is 1. The van der Waals surface area contributed by atoms with Crippen molar-refractivity contribution in [3.05, 3.63) is 4.77 Å². The van der Waals surface area contributed by atoms with Crippen molar-refractivity contribution in [1.29, 1.82) is 0 Å². The summed E-state index contributed by atoms with van der Waals surface area (Å²) >= 11 is 5.15. The van der Waals surface area contributed by atoms with Crippen molar-refractivity contribution in [2.75, 3.05) is 20.3 Å². The Hall–Kier alpha value is -1.97. The van der Waals surface area contributed by atoms with Gasteiger partial charge >= 0.3 is 12.1 Å². The summed E-state index contributed by atoms with van der Waals surface area (Å²) < 4.78 is 12.3. The first-order valence-corrected chi connectivity index (χ1v) is 9.43. The molecule has 0 radical (unpaired) electrons. The molecule has 9 nitrogen and oxygen atoms in total. The minimum absolute atomic E-state index is 0.298. The number of hydrogen-bond donors (Lipinski definition) is 1. The standard InChI is InChI=1S/C16H25N5O4S/c1-3-25-14(22)13-7-12-6-10(8-21-15(26)17-18-19-21)4-5-11(12)9-20(13)16(23)24-2/h10-13H,3-9H2,1-2H3,(H,17,19,26)/t10-,11-,12+,13-/m0/s1. The summed E-state index contributed by atoms with van der Waals surface area (Å²) in [6.07, 6.45) is 3.19. The monoisotopic (exact) mass is 383 g/mol. The Balaban J connectivity index is 1.70. The molecule has 0 unspecified atom stereocenters. The minimum Gasteiger partial charge on any atom is -0.464 e. The molecular weight excluding hydrogens is 358 g/mol. The largest absolute Gasteiger partial charge is 0.464 e. The van der Waals surface area contributed by atoms with Crippen LogP contribution in [0.1, 0.15) is 32.6 Å². The van der Waals surface area contributed by atoms with Crippen molar-refractivity contribution in [3.63, 3.8) is 0 Å². The highest BCUT2D eigenvalue weighted by Crippen LogP contribution is 2.42. The summed E-state index contributed by atoms with van der Waals surface area (Å²) in [6.45, 7) is 3.36. The van der Waals surface area contributed by atoms with Crippen LogP contribution in [0.4, 0.5) is 4.79 Å². The zero-order valence-corrected chi connectivity index (χ0v) is 15.9. The highest BCUT2D eigenvalue weighted by molar-refractivity contribution is 7.71. The molecule has 1 saturated carbocycles. The Morgan fingerprint density at radius 2 is 2.12 bits per heavy atom. The number of ether oxygens (including phenoxy) is 2. The lowest BCUT2D eigenvalue weighted by atomic mass is 9.69. The van der Waals surface area contributed by atoms with Gasteiger partial charge in [0, 0.05) is 13.1 Å². The van der Waals surface area contributed by atoms with Gasteiger partial charge < -0.3 is 9.47 Å². The van der Waals surface area contributed by atoms with Crippen molar-refractivity contribution in [2.45, 2.75) is 45.2 Å². The number of rotatable bonds is 4. The lowest BCUT2D eigenvalue weighted by Gasteiger charge is -2.46. The maximum Gasteiger partial charge on any atom is 0.410 e. The predicted molar refractivity (Wildman–Crippen MR) is 93.7 cm³/mol. The van der Waals surface area contributed by atoms with E-state index in [2.05, 4.69) is 15.5 Å². The average Bonchev–Trinajstić information content (AvgIpc) is 3.04. The molecule has 1 aromatic heterocycles. The van der Waals surface area contributed by atoms with Gasteiger partial charge in [0.25, 0.3) is 0 Å². The first-order valence-electron chi connectivity index (χ1n) is 9.02. The summed E-state index contributed by atoms with van der Waals surface area (Å²) in [4.78, 5) is 26.0. The molecule has 10 heteroatoms. The van der Waals surface area contributed by atoms with E-state index in [4.69, 9.17) is 21.7 Å². The zero-order valence-electron chi connectivity index (χ0n) is 15.1. The number of fused-ring (bicyclic) bond motifs is 1. The number of nitrogens with one attached hydrogen (secondary N) is 1. The number of nitrogens with zero attached hydrogens (tertiary/aromatic N) is 4. The number of methoxy groups -OCH3 is 1. The molecule has 1 aromatic rings. The molecule has 2 heterocycles. The van der Waals surface area contributed by atoms with Gasteiger partial charge in [0.2, 0.25) is 4.77 Å². The second kappa shape index (κ2) is 8.15. The van der Waals surface area contributed by atoms with Crippen molar-refractivity contribution in [3.8, 4) is 0 Å². The van der Waals surface area contributed by atoms with E-state index in [9.17, 15) is 9.59 Å². The number of aromatic nitrogens is 4. The minimum atomic E-state index is -0.571. The number of piperidine rings is 1. The van der Waals surface area contributed by atoms with Crippen LogP contribution in [0.5, 0.6) is 0 Å². The number of carbonyl (C=O) groups excluding carboxylic acids is 2. The van der Waals surface area contributed by atoms with Gasteiger partial charge in [0.15, 0.2) is 0 Å². The smallest absolute Gasteiger partial charge is 0.410 e. The summed E-state index contributed by atoms with van der Waals surface area (Å²) in [5, 5.41) is 10.3. The number of tetrazole rings is 1. The number of carbonyl (C=O) groups is 2. The van der Waals surface area contributed by atoms with Crippen LogP contribution in [0, 0.1) is 22.5 Å². The van der Waals surface area contributed by atoms with Crippen molar-refractivity contribution >= 4 is 24.3 Å². The zero-order chi connectivity index (χ0) is 18.7. The quantitative estimate of drug-likeness (QED) is 0.624. The Kier molecular flexibility index (Phi) is 5.90. The third kappa shape index (κ3) is 3.89. The van der Waals surface area contributed by atoms with Crippen LogP contribution < -0.4 is 0 Å². The van der Waals surface area contributed by atoms with E-state index in [0.29, 0.717) is 42.1 Å². The van der Waals surface area contributed by atoms with E-state index < -0.39 is 12.1 Å². The number of esters is 1. The van der Waals surface area contributed by atoms with Crippen LogP contribution in [0.3, 0.4) is 0 Å². The van der Waals surface area contributed by atoms with Gasteiger partial charge in [-0.1, -0.05) is 10.3 Å². The van der Waals surface area contributed by atoms with E-state index in [-0.39, 0.29) is 5.97 Å². The molecule has 0 spiro atoms. The maximum atomic E-state index is 12.4. The molecule has 1 saturated heterocycles. The number of amides is 1. The van der Waals surface area contributed by atoms with E-state index in [1.165, 1.54) is 12.0 Å². The van der Waals surface area contributed by atoms with Crippen LogP contribution in [0.15, 0.2) is 0 Å². The predicted octanol–water partition coefficient (Wildman–Crippen LogP) is 1.77. The van der Waals surface area contributed by atoms with Crippen LogP contribution in [-0.4, -0.2) is 63.5 Å². The molecule has 1 aliphatic heterocycles. The molecule has 1 N–H and O–H groups in total. The number of aromatic amines is 1. The first kappa shape index (κ1) is 18.8. The topological polar surface area (TPSA) is 102 Å². The van der Waals surface area contributed by atoms with Gasteiger partial charge in [-0.2, -0.15) is 5.21 Å². The van der Waals surface area contributed by atoms with Gasteiger partial charge in [0.1, 0.15) is 6.04 Å². The van der Waals surface area contributed by atoms with Gasteiger partial charge in [-0.05, 0) is 62.6 Å². The second-order valence-electron chi connectivity index (χ2n) is 7.02. The highest BCUT2D eigenvalue weighted by atomic mass is 32.1. The summed E-state index contributed by atoms with van der Waals surface area (Å²) in [5.41, 5.74) is 0. The Morgan fingerprint density at radius 1 is 1.31 bits per heavy atom.